The molecule has 3 aromatic rings. The molecule has 27 heavy (non-hydrogen) atoms. The van der Waals surface area contributed by atoms with Crippen molar-refractivity contribution in [1.29, 1.82) is 0 Å². The third-order valence-electron chi connectivity index (χ3n) is 4.58. The molecule has 1 fully saturated rings. The fourth-order valence-corrected chi connectivity index (χ4v) is 3.90. The first kappa shape index (κ1) is 17.7. The second-order valence-electron chi connectivity index (χ2n) is 7.10. The van der Waals surface area contributed by atoms with Crippen LogP contribution in [0.5, 0.6) is 0 Å². The first-order valence-corrected chi connectivity index (χ1v) is 9.81. The summed E-state index contributed by atoms with van der Waals surface area (Å²) in [6.45, 7) is 3.98. The van der Waals surface area contributed by atoms with Gasteiger partial charge in [0.2, 0.25) is 0 Å². The highest BCUT2D eigenvalue weighted by Crippen LogP contribution is 2.40. The van der Waals surface area contributed by atoms with Crippen molar-refractivity contribution in [2.24, 2.45) is 5.92 Å². The maximum atomic E-state index is 10.3. The SMILES string of the molecule is C#Cc1cnc(-c2ccc([C@@H](O)C(C)C)s2)nc1Nc1cc(C2CC2)[nH]n1. The van der Waals surface area contributed by atoms with Gasteiger partial charge < -0.3 is 10.4 Å². The molecule has 6 nitrogen and oxygen atoms in total. The lowest BCUT2D eigenvalue weighted by Gasteiger charge is -2.11. The molecule has 1 aliphatic carbocycles. The molecule has 7 heteroatoms. The summed E-state index contributed by atoms with van der Waals surface area (Å²) in [6.07, 6.45) is 9.16. The smallest absolute Gasteiger partial charge is 0.171 e. The number of anilines is 2. The van der Waals surface area contributed by atoms with Crippen LogP contribution in [0, 0.1) is 18.3 Å². The van der Waals surface area contributed by atoms with Crippen molar-refractivity contribution in [2.75, 3.05) is 5.32 Å². The first-order valence-electron chi connectivity index (χ1n) is 8.99. The van der Waals surface area contributed by atoms with Gasteiger partial charge in [-0.3, -0.25) is 5.10 Å². The minimum atomic E-state index is -0.490. The zero-order valence-electron chi connectivity index (χ0n) is 15.2. The molecule has 0 radical (unpaired) electrons. The molecule has 0 amide bonds. The topological polar surface area (TPSA) is 86.7 Å². The average molecular weight is 379 g/mol. The van der Waals surface area contributed by atoms with Gasteiger partial charge >= 0.3 is 0 Å². The molecule has 0 bridgehead atoms. The van der Waals surface area contributed by atoms with Gasteiger partial charge in [0.05, 0.1) is 16.5 Å². The van der Waals surface area contributed by atoms with Crippen LogP contribution in [0.2, 0.25) is 0 Å². The minimum Gasteiger partial charge on any atom is -0.387 e. The number of nitrogens with zero attached hydrogens (tertiary/aromatic N) is 3. The summed E-state index contributed by atoms with van der Waals surface area (Å²) in [4.78, 5) is 10.8. The van der Waals surface area contributed by atoms with E-state index in [2.05, 4.69) is 31.4 Å². The lowest BCUT2D eigenvalue weighted by Crippen LogP contribution is -2.02. The highest BCUT2D eigenvalue weighted by atomic mass is 32.1. The van der Waals surface area contributed by atoms with Crippen molar-refractivity contribution in [1.82, 2.24) is 20.2 Å². The highest BCUT2D eigenvalue weighted by molar-refractivity contribution is 7.15. The summed E-state index contributed by atoms with van der Waals surface area (Å²) in [7, 11) is 0. The predicted molar refractivity (Wildman–Crippen MR) is 107 cm³/mol. The largest absolute Gasteiger partial charge is 0.387 e. The van der Waals surface area contributed by atoms with Crippen molar-refractivity contribution < 1.29 is 5.11 Å². The number of rotatable bonds is 6. The normalized spacial score (nSPS) is 14.9. The zero-order chi connectivity index (χ0) is 19.0. The van der Waals surface area contributed by atoms with Gasteiger partial charge in [-0.1, -0.05) is 19.8 Å². The van der Waals surface area contributed by atoms with E-state index in [9.17, 15) is 5.11 Å². The van der Waals surface area contributed by atoms with E-state index in [1.165, 1.54) is 24.2 Å². The molecule has 3 heterocycles. The average Bonchev–Trinajstić information content (AvgIpc) is 3.21. The molecule has 138 valence electrons. The van der Waals surface area contributed by atoms with Crippen LogP contribution >= 0.6 is 11.3 Å². The standard InChI is InChI=1S/C20H21N5OS/c1-4-12-10-21-20(16-8-7-15(27-16)18(26)11(2)3)23-19(12)22-17-9-14(24-25-17)13-5-6-13/h1,7-11,13,18,26H,5-6H2,2-3H3,(H2,21,22,23,24,25)/t18-/m0/s1. The summed E-state index contributed by atoms with van der Waals surface area (Å²) in [5.74, 6) is 5.18. The molecule has 0 saturated heterocycles. The van der Waals surface area contributed by atoms with Crippen LogP contribution in [0.15, 0.2) is 24.4 Å². The molecule has 0 unspecified atom stereocenters. The summed E-state index contributed by atoms with van der Waals surface area (Å²) in [5, 5.41) is 20.8. The number of aliphatic hydroxyl groups is 1. The van der Waals surface area contributed by atoms with E-state index in [0.29, 0.717) is 28.9 Å². The third-order valence-corrected chi connectivity index (χ3v) is 5.73. The number of thiophene rings is 1. The molecular weight excluding hydrogens is 358 g/mol. The number of aliphatic hydroxyl groups excluding tert-OH is 1. The molecule has 1 aliphatic rings. The zero-order valence-corrected chi connectivity index (χ0v) is 16.0. The highest BCUT2D eigenvalue weighted by Gasteiger charge is 2.25. The molecule has 3 N–H and O–H groups in total. The molecule has 0 aromatic carbocycles. The second kappa shape index (κ2) is 7.14. The van der Waals surface area contributed by atoms with E-state index < -0.39 is 6.10 Å². The monoisotopic (exact) mass is 379 g/mol. The van der Waals surface area contributed by atoms with Crippen LogP contribution in [0.25, 0.3) is 10.7 Å². The Morgan fingerprint density at radius 3 is 2.89 bits per heavy atom. The Balaban J connectivity index is 1.61. The third kappa shape index (κ3) is 3.72. The fraction of sp³-hybridized carbons (Fsp3) is 0.350. The quantitative estimate of drug-likeness (QED) is 0.558. The van der Waals surface area contributed by atoms with Gasteiger partial charge in [-0.25, -0.2) is 9.97 Å². The molecule has 1 saturated carbocycles. The van der Waals surface area contributed by atoms with E-state index in [1.807, 2.05) is 32.0 Å². The van der Waals surface area contributed by atoms with E-state index in [-0.39, 0.29) is 5.92 Å². The number of terminal acetylenes is 1. The van der Waals surface area contributed by atoms with E-state index >= 15 is 0 Å². The van der Waals surface area contributed by atoms with Crippen LogP contribution in [0.3, 0.4) is 0 Å². The van der Waals surface area contributed by atoms with Crippen LogP contribution in [0.1, 0.15) is 54.8 Å². The Morgan fingerprint density at radius 1 is 1.37 bits per heavy atom. The Bertz CT molecular complexity index is 996. The van der Waals surface area contributed by atoms with E-state index in [1.54, 1.807) is 6.20 Å². The number of hydrogen-bond donors (Lipinski definition) is 3. The maximum Gasteiger partial charge on any atom is 0.171 e. The number of hydrogen-bond acceptors (Lipinski definition) is 6. The minimum absolute atomic E-state index is 0.152. The van der Waals surface area contributed by atoms with Gasteiger partial charge in [-0.05, 0) is 30.9 Å². The predicted octanol–water partition coefficient (Wildman–Crippen LogP) is 4.22. The molecule has 0 aliphatic heterocycles. The van der Waals surface area contributed by atoms with E-state index in [0.717, 1.165) is 15.4 Å². The van der Waals surface area contributed by atoms with Crippen molar-refractivity contribution in [3.63, 3.8) is 0 Å². The molecular formula is C20H21N5OS. The summed E-state index contributed by atoms with van der Waals surface area (Å²) >= 11 is 1.49. The van der Waals surface area contributed by atoms with Crippen LogP contribution in [0.4, 0.5) is 11.6 Å². The van der Waals surface area contributed by atoms with Gasteiger partial charge in [-0.15, -0.1) is 17.8 Å². The van der Waals surface area contributed by atoms with Crippen LogP contribution < -0.4 is 5.32 Å². The van der Waals surface area contributed by atoms with Crippen molar-refractivity contribution in [3.8, 4) is 23.0 Å². The van der Waals surface area contributed by atoms with Gasteiger partial charge in [0.1, 0.15) is 0 Å². The van der Waals surface area contributed by atoms with Crippen molar-refractivity contribution in [3.05, 3.63) is 40.5 Å². The lowest BCUT2D eigenvalue weighted by molar-refractivity contribution is 0.130. The van der Waals surface area contributed by atoms with Crippen molar-refractivity contribution in [2.45, 2.75) is 38.7 Å². The first-order chi connectivity index (χ1) is 13.0. The van der Waals surface area contributed by atoms with Crippen LogP contribution in [-0.2, 0) is 0 Å². The second-order valence-corrected chi connectivity index (χ2v) is 8.21. The Morgan fingerprint density at radius 2 is 2.19 bits per heavy atom. The van der Waals surface area contributed by atoms with Gasteiger partial charge in [0, 0.05) is 28.8 Å². The van der Waals surface area contributed by atoms with Gasteiger partial charge in [0.15, 0.2) is 17.5 Å². The number of H-pyrrole nitrogens is 1. The van der Waals surface area contributed by atoms with Crippen LogP contribution in [-0.4, -0.2) is 25.3 Å². The summed E-state index contributed by atoms with van der Waals surface area (Å²) < 4.78 is 0. The molecule has 1 atom stereocenters. The van der Waals surface area contributed by atoms with E-state index in [4.69, 9.17) is 6.42 Å². The molecule has 0 spiro atoms. The van der Waals surface area contributed by atoms with Gasteiger partial charge in [-0.2, -0.15) is 5.10 Å². The number of nitrogens with one attached hydrogen (secondary N) is 2. The number of aromatic nitrogens is 4. The summed E-state index contributed by atoms with van der Waals surface area (Å²) in [5.41, 5.74) is 1.72. The maximum absolute atomic E-state index is 10.3. The lowest BCUT2D eigenvalue weighted by atomic mass is 10.1. The Hall–Kier alpha value is -2.69. The Kier molecular flexibility index (Phi) is 4.68. The van der Waals surface area contributed by atoms with Gasteiger partial charge in [0.25, 0.3) is 0 Å². The molecule has 4 rings (SSSR count). The number of aromatic amines is 1. The Labute approximate surface area is 162 Å². The fourth-order valence-electron chi connectivity index (χ4n) is 2.79. The summed E-state index contributed by atoms with van der Waals surface area (Å²) in [6, 6.07) is 5.85. The van der Waals surface area contributed by atoms with Crippen molar-refractivity contribution >= 4 is 23.0 Å². The molecule has 3 aromatic heterocycles.